The van der Waals surface area contributed by atoms with E-state index in [-0.39, 0.29) is 4.66 Å². The third-order valence-electron chi connectivity index (χ3n) is 13.5. The Bertz CT molecular complexity index is 2980. The average molecular weight is 829 g/mol. The number of benzene rings is 8. The summed E-state index contributed by atoms with van der Waals surface area (Å²) in [4.78, 5) is 5.03. The van der Waals surface area contributed by atoms with Gasteiger partial charge in [0, 0.05) is 38.5 Å². The molecule has 8 aromatic rings. The van der Waals surface area contributed by atoms with Crippen molar-refractivity contribution in [3.05, 3.63) is 190 Å². The van der Waals surface area contributed by atoms with E-state index in [1.165, 1.54) is 111 Å². The van der Waals surface area contributed by atoms with Gasteiger partial charge in [0.05, 0.1) is 21.8 Å². The second kappa shape index (κ2) is 14.7. The highest BCUT2D eigenvalue weighted by Crippen LogP contribution is 2.62. The third kappa shape index (κ3) is 6.58. The summed E-state index contributed by atoms with van der Waals surface area (Å²) >= 11 is 0. The van der Waals surface area contributed by atoms with Crippen molar-refractivity contribution in [3.63, 3.8) is 0 Å². The molecule has 2 nitrogen and oxygen atoms in total. The van der Waals surface area contributed by atoms with Crippen LogP contribution in [0, 0.1) is 41.5 Å². The summed E-state index contributed by atoms with van der Waals surface area (Å²) in [5.41, 5.74) is 20.8. The van der Waals surface area contributed by atoms with Gasteiger partial charge in [-0.3, -0.25) is 0 Å². The van der Waals surface area contributed by atoms with Crippen molar-refractivity contribution in [1.82, 2.24) is 0 Å². The lowest BCUT2D eigenvalue weighted by molar-refractivity contribution is 0.954. The summed E-state index contributed by atoms with van der Waals surface area (Å²) in [6.07, 6.45) is 0. The minimum absolute atomic E-state index is 0.0725. The molecule has 0 N–H and O–H groups in total. The van der Waals surface area contributed by atoms with E-state index in [9.17, 15) is 0 Å². The Morgan fingerprint density at radius 1 is 0.377 bits per heavy atom. The topological polar surface area (TPSA) is 6.48 Å². The SMILES string of the molecule is Cc1cc(C)cc(N(c2ccc3cc4c(cc3c2)C([Si](C)(C)C)([Si](C)(C)C)c2cc(N(c3cc(C)cc(C)c3)c3ccccc3C)c3ccccc3c2-4)c2ccccc2C)c1. The maximum atomic E-state index is 2.66. The number of fused-ring (bicyclic) bond motifs is 6. The third-order valence-corrected chi connectivity index (χ3v) is 23.5. The first-order chi connectivity index (χ1) is 29.0. The van der Waals surface area contributed by atoms with Crippen LogP contribution >= 0.6 is 0 Å². The van der Waals surface area contributed by atoms with Crippen molar-refractivity contribution in [2.45, 2.75) is 85.5 Å². The Labute approximate surface area is 366 Å². The molecule has 0 radical (unpaired) electrons. The highest BCUT2D eigenvalue weighted by atomic mass is 28.4. The summed E-state index contributed by atoms with van der Waals surface area (Å²) in [5, 5.41) is 5.21. The van der Waals surface area contributed by atoms with Crippen molar-refractivity contribution in [2.75, 3.05) is 9.80 Å². The Morgan fingerprint density at radius 3 is 1.41 bits per heavy atom. The molecule has 0 heterocycles. The van der Waals surface area contributed by atoms with Gasteiger partial charge in [-0.15, -0.1) is 0 Å². The van der Waals surface area contributed by atoms with Gasteiger partial charge in [-0.05, 0) is 174 Å². The Balaban J connectivity index is 1.36. The fraction of sp³-hybridized carbons (Fsp3) is 0.228. The number of nitrogens with zero attached hydrogens (tertiary/aromatic N) is 2. The van der Waals surface area contributed by atoms with Crippen LogP contribution in [-0.2, 0) is 4.66 Å². The van der Waals surface area contributed by atoms with Crippen LogP contribution in [-0.4, -0.2) is 16.1 Å². The van der Waals surface area contributed by atoms with Gasteiger partial charge in [0.2, 0.25) is 0 Å². The molecule has 1 aliphatic rings. The second-order valence-electron chi connectivity index (χ2n) is 20.0. The van der Waals surface area contributed by atoms with Gasteiger partial charge in [-0.2, -0.15) is 0 Å². The van der Waals surface area contributed by atoms with E-state index in [0.717, 1.165) is 0 Å². The minimum atomic E-state index is -2.06. The summed E-state index contributed by atoms with van der Waals surface area (Å²) in [5.74, 6) is 0. The molecule has 0 amide bonds. The first-order valence-corrected chi connectivity index (χ1v) is 29.0. The number of aryl methyl sites for hydroxylation is 6. The molecular weight excluding hydrogens is 769 g/mol. The predicted molar refractivity (Wildman–Crippen MR) is 272 cm³/mol. The van der Waals surface area contributed by atoms with Gasteiger partial charge >= 0.3 is 0 Å². The summed E-state index contributed by atoms with van der Waals surface area (Å²) in [6.45, 7) is 29.2. The van der Waals surface area contributed by atoms with Gasteiger partial charge in [-0.1, -0.05) is 124 Å². The molecule has 0 saturated carbocycles. The van der Waals surface area contributed by atoms with Crippen LogP contribution in [0.1, 0.15) is 44.5 Å². The number of para-hydroxylation sites is 2. The van der Waals surface area contributed by atoms with E-state index in [1.54, 1.807) is 0 Å². The fourth-order valence-electron chi connectivity index (χ4n) is 11.6. The van der Waals surface area contributed by atoms with E-state index in [2.05, 4.69) is 236 Å². The number of anilines is 6. The lowest BCUT2D eigenvalue weighted by atomic mass is 9.94. The smallest absolute Gasteiger partial charge is 0.0579 e. The number of hydrogen-bond donors (Lipinski definition) is 0. The molecule has 0 atom stereocenters. The molecule has 306 valence electrons. The molecule has 8 aromatic carbocycles. The maximum Gasteiger partial charge on any atom is 0.0579 e. The van der Waals surface area contributed by atoms with Gasteiger partial charge in [0.25, 0.3) is 0 Å². The van der Waals surface area contributed by atoms with Crippen LogP contribution in [0.4, 0.5) is 34.1 Å². The van der Waals surface area contributed by atoms with Crippen molar-refractivity contribution >= 4 is 71.8 Å². The molecule has 0 saturated heterocycles. The summed E-state index contributed by atoms with van der Waals surface area (Å²) in [7, 11) is -4.12. The van der Waals surface area contributed by atoms with E-state index in [4.69, 9.17) is 0 Å². The van der Waals surface area contributed by atoms with Crippen LogP contribution in [0.25, 0.3) is 32.7 Å². The first kappa shape index (κ1) is 40.7. The quantitative estimate of drug-likeness (QED) is 0.141. The monoisotopic (exact) mass is 828 g/mol. The first-order valence-electron chi connectivity index (χ1n) is 22.0. The number of rotatable bonds is 8. The van der Waals surface area contributed by atoms with Crippen LogP contribution in [0.5, 0.6) is 0 Å². The predicted octanol–water partition coefficient (Wildman–Crippen LogP) is 16.8. The largest absolute Gasteiger partial charge is 0.310 e. The van der Waals surface area contributed by atoms with E-state index < -0.39 is 16.1 Å². The molecule has 4 heteroatoms. The van der Waals surface area contributed by atoms with Crippen molar-refractivity contribution in [3.8, 4) is 11.1 Å². The Kier molecular flexibility index (Phi) is 9.84. The zero-order valence-corrected chi connectivity index (χ0v) is 40.3. The average Bonchev–Trinajstić information content (AvgIpc) is 3.49. The molecule has 0 aromatic heterocycles. The van der Waals surface area contributed by atoms with E-state index in [0.29, 0.717) is 0 Å². The van der Waals surface area contributed by atoms with E-state index in [1.807, 2.05) is 0 Å². The second-order valence-corrected chi connectivity index (χ2v) is 31.0. The summed E-state index contributed by atoms with van der Waals surface area (Å²) in [6, 6.07) is 55.9. The van der Waals surface area contributed by atoms with Crippen molar-refractivity contribution in [2.24, 2.45) is 0 Å². The highest BCUT2D eigenvalue weighted by Gasteiger charge is 2.59. The lowest BCUT2D eigenvalue weighted by Crippen LogP contribution is -2.63. The molecule has 0 unspecified atom stereocenters. The van der Waals surface area contributed by atoms with Gasteiger partial charge < -0.3 is 9.80 Å². The number of hydrogen-bond acceptors (Lipinski definition) is 2. The van der Waals surface area contributed by atoms with Crippen LogP contribution in [0.15, 0.2) is 146 Å². The highest BCUT2D eigenvalue weighted by molar-refractivity contribution is 6.99. The zero-order valence-electron chi connectivity index (χ0n) is 38.3. The maximum absolute atomic E-state index is 2.66. The molecule has 0 spiro atoms. The van der Waals surface area contributed by atoms with E-state index >= 15 is 0 Å². The molecule has 0 aliphatic heterocycles. The van der Waals surface area contributed by atoms with Gasteiger partial charge in [0.1, 0.15) is 0 Å². The van der Waals surface area contributed by atoms with Crippen LogP contribution in [0.2, 0.25) is 39.3 Å². The molecule has 9 rings (SSSR count). The minimum Gasteiger partial charge on any atom is -0.310 e. The van der Waals surface area contributed by atoms with Gasteiger partial charge in [0.15, 0.2) is 0 Å². The normalized spacial score (nSPS) is 13.4. The molecule has 61 heavy (non-hydrogen) atoms. The summed E-state index contributed by atoms with van der Waals surface area (Å²) < 4.78 is -0.0725. The van der Waals surface area contributed by atoms with Crippen molar-refractivity contribution < 1.29 is 0 Å². The molecule has 0 bridgehead atoms. The lowest BCUT2D eigenvalue weighted by Gasteiger charge is -2.51. The fourth-order valence-corrected chi connectivity index (χ4v) is 24.6. The van der Waals surface area contributed by atoms with Crippen LogP contribution in [0.3, 0.4) is 0 Å². The van der Waals surface area contributed by atoms with Crippen molar-refractivity contribution in [1.29, 1.82) is 0 Å². The van der Waals surface area contributed by atoms with Crippen LogP contribution < -0.4 is 9.80 Å². The molecule has 1 aliphatic carbocycles. The Hall–Kier alpha value is -5.69. The standard InChI is InChI=1S/C57H60N2Si2/c1-37-27-38(2)30-46(29-37)58(53-23-17-13-19-41(53)5)45-26-25-43-34-50-51(35-44(43)33-45)57(60(7,8)9,61(10,11)12)52-36-55(48-21-15-16-22-49(48)56(50)52)59(54-24-18-14-20-42(54)6)47-31-39(3)28-40(4)32-47/h13-36H,1-12H3. The zero-order chi connectivity index (χ0) is 43.2. The molecule has 0 fully saturated rings. The molecular formula is C57H60N2Si2. The Morgan fingerprint density at radius 2 is 0.869 bits per heavy atom. The van der Waals surface area contributed by atoms with Gasteiger partial charge in [-0.25, -0.2) is 0 Å².